The van der Waals surface area contributed by atoms with E-state index in [0.717, 1.165) is 41.8 Å². The van der Waals surface area contributed by atoms with Crippen LogP contribution in [0.4, 0.5) is 5.82 Å². The maximum absolute atomic E-state index is 9.43. The van der Waals surface area contributed by atoms with E-state index in [1.807, 2.05) is 25.2 Å². The fourth-order valence-electron chi connectivity index (χ4n) is 2.84. The third kappa shape index (κ3) is 1.48. The summed E-state index contributed by atoms with van der Waals surface area (Å²) < 4.78 is 2.10. The second-order valence-corrected chi connectivity index (χ2v) is 4.88. The number of fused-ring (bicyclic) bond motifs is 1. The van der Waals surface area contributed by atoms with Crippen LogP contribution in [-0.2, 0) is 7.05 Å². The van der Waals surface area contributed by atoms with Crippen molar-refractivity contribution in [3.05, 3.63) is 29.8 Å². The van der Waals surface area contributed by atoms with E-state index in [-0.39, 0.29) is 6.04 Å². The molecule has 0 aliphatic carbocycles. The molecule has 0 radical (unpaired) electrons. The van der Waals surface area contributed by atoms with Crippen LogP contribution in [0, 0.1) is 11.3 Å². The number of nitrogens with zero attached hydrogens (tertiary/aromatic N) is 3. The van der Waals surface area contributed by atoms with Crippen molar-refractivity contribution >= 4 is 16.7 Å². The van der Waals surface area contributed by atoms with Gasteiger partial charge in [0.05, 0.1) is 5.52 Å². The predicted molar refractivity (Wildman–Crippen MR) is 72.4 cm³/mol. The molecule has 0 unspecified atom stereocenters. The van der Waals surface area contributed by atoms with Crippen LogP contribution in [0.5, 0.6) is 0 Å². The summed E-state index contributed by atoms with van der Waals surface area (Å²) in [6, 6.07) is 10.6. The highest BCUT2D eigenvalue weighted by atomic mass is 15.3. The third-order valence-corrected chi connectivity index (χ3v) is 3.71. The average molecular weight is 240 g/mol. The first kappa shape index (κ1) is 11.1. The molecule has 0 amide bonds. The van der Waals surface area contributed by atoms with Crippen molar-refractivity contribution < 1.29 is 0 Å². The van der Waals surface area contributed by atoms with Gasteiger partial charge in [0.25, 0.3) is 0 Å². The van der Waals surface area contributed by atoms with Gasteiger partial charge in [-0.25, -0.2) is 0 Å². The summed E-state index contributed by atoms with van der Waals surface area (Å²) in [6.45, 7) is 1.76. The summed E-state index contributed by atoms with van der Waals surface area (Å²) in [5, 5.41) is 10.5. The van der Waals surface area contributed by atoms with Crippen LogP contribution in [-0.4, -0.2) is 23.7 Å². The highest BCUT2D eigenvalue weighted by molar-refractivity contribution is 5.92. The summed E-state index contributed by atoms with van der Waals surface area (Å²) in [6.07, 6.45) is 0.992. The van der Waals surface area contributed by atoms with Gasteiger partial charge in [0, 0.05) is 31.6 Å². The van der Waals surface area contributed by atoms with Crippen LogP contribution in [0.25, 0.3) is 10.9 Å². The Morgan fingerprint density at radius 1 is 1.39 bits per heavy atom. The van der Waals surface area contributed by atoms with E-state index in [1.54, 1.807) is 0 Å². The molecule has 4 nitrogen and oxygen atoms in total. The monoisotopic (exact) mass is 240 g/mol. The highest BCUT2D eigenvalue weighted by Crippen LogP contribution is 2.32. The van der Waals surface area contributed by atoms with Gasteiger partial charge in [-0.05, 0) is 12.5 Å². The number of hydrogen-bond acceptors (Lipinski definition) is 3. The van der Waals surface area contributed by atoms with Crippen LogP contribution < -0.4 is 10.6 Å². The average Bonchev–Trinajstić information content (AvgIpc) is 2.92. The minimum atomic E-state index is 0.217. The summed E-state index contributed by atoms with van der Waals surface area (Å²) >= 11 is 0. The number of para-hydroxylation sites is 1. The second-order valence-electron chi connectivity index (χ2n) is 4.88. The molecule has 0 bridgehead atoms. The number of nitriles is 1. The molecule has 1 saturated heterocycles. The van der Waals surface area contributed by atoms with Gasteiger partial charge >= 0.3 is 0 Å². The fourth-order valence-corrected chi connectivity index (χ4v) is 2.84. The molecular weight excluding hydrogens is 224 g/mol. The molecule has 1 aliphatic rings. The molecular formula is C14H16N4. The van der Waals surface area contributed by atoms with Gasteiger partial charge in [-0.15, -0.1) is 0 Å². The fraction of sp³-hybridized carbons (Fsp3) is 0.357. The van der Waals surface area contributed by atoms with E-state index in [9.17, 15) is 5.26 Å². The Balaban J connectivity index is 2.22. The molecule has 2 N–H and O–H groups in total. The third-order valence-electron chi connectivity index (χ3n) is 3.71. The predicted octanol–water partition coefficient (Wildman–Crippen LogP) is 1.59. The number of nitrogens with two attached hydrogens (primary N) is 1. The smallest absolute Gasteiger partial charge is 0.127 e. The van der Waals surface area contributed by atoms with Crippen LogP contribution in [0.1, 0.15) is 12.0 Å². The summed E-state index contributed by atoms with van der Waals surface area (Å²) in [5.41, 5.74) is 7.83. The van der Waals surface area contributed by atoms with Crippen molar-refractivity contribution in [2.45, 2.75) is 12.5 Å². The SMILES string of the molecule is Cn1c(N2CC[C@H](N)C2)c(C#N)c2ccccc21. The van der Waals surface area contributed by atoms with Gasteiger partial charge < -0.3 is 15.2 Å². The molecule has 2 aromatic rings. The lowest BCUT2D eigenvalue weighted by Crippen LogP contribution is -2.28. The minimum absolute atomic E-state index is 0.217. The van der Waals surface area contributed by atoms with Gasteiger partial charge in [-0.3, -0.25) is 0 Å². The van der Waals surface area contributed by atoms with Crippen molar-refractivity contribution in [1.82, 2.24) is 4.57 Å². The molecule has 1 fully saturated rings. The van der Waals surface area contributed by atoms with Crippen molar-refractivity contribution in [3.63, 3.8) is 0 Å². The standard InChI is InChI=1S/C14H16N4/c1-17-13-5-3-2-4-11(13)12(8-15)14(17)18-7-6-10(16)9-18/h2-5,10H,6-7,9,16H2,1H3/t10-/m0/s1. The first-order valence-electron chi connectivity index (χ1n) is 6.20. The van der Waals surface area contributed by atoms with Gasteiger partial charge in [0.2, 0.25) is 0 Å². The number of anilines is 1. The topological polar surface area (TPSA) is 58.0 Å². The molecule has 0 saturated carbocycles. The quantitative estimate of drug-likeness (QED) is 0.823. The summed E-state index contributed by atoms with van der Waals surface area (Å²) in [7, 11) is 2.02. The Bertz CT molecular complexity index is 635. The van der Waals surface area contributed by atoms with Crippen LogP contribution in [0.15, 0.2) is 24.3 Å². The number of aryl methyl sites for hydroxylation is 1. The van der Waals surface area contributed by atoms with E-state index in [4.69, 9.17) is 5.73 Å². The van der Waals surface area contributed by atoms with E-state index in [1.165, 1.54) is 0 Å². The molecule has 2 heterocycles. The molecule has 1 aromatic carbocycles. The van der Waals surface area contributed by atoms with Crippen molar-refractivity contribution in [2.75, 3.05) is 18.0 Å². The Morgan fingerprint density at radius 3 is 2.83 bits per heavy atom. The maximum Gasteiger partial charge on any atom is 0.127 e. The van der Waals surface area contributed by atoms with Crippen LogP contribution in [0.3, 0.4) is 0 Å². The molecule has 18 heavy (non-hydrogen) atoms. The van der Waals surface area contributed by atoms with Gasteiger partial charge in [0.1, 0.15) is 17.5 Å². The first-order chi connectivity index (χ1) is 8.72. The number of hydrogen-bond donors (Lipinski definition) is 1. The van der Waals surface area contributed by atoms with Gasteiger partial charge in [-0.1, -0.05) is 18.2 Å². The Kier molecular flexibility index (Phi) is 2.49. The molecule has 4 heteroatoms. The Labute approximate surface area is 106 Å². The van der Waals surface area contributed by atoms with Gasteiger partial charge in [0.15, 0.2) is 0 Å². The van der Waals surface area contributed by atoms with E-state index < -0.39 is 0 Å². The first-order valence-corrected chi connectivity index (χ1v) is 6.20. The molecule has 1 aliphatic heterocycles. The molecule has 1 aromatic heterocycles. The van der Waals surface area contributed by atoms with E-state index in [2.05, 4.69) is 21.6 Å². The lowest BCUT2D eigenvalue weighted by Gasteiger charge is -2.19. The molecule has 3 rings (SSSR count). The van der Waals surface area contributed by atoms with Crippen molar-refractivity contribution in [1.29, 1.82) is 5.26 Å². The lowest BCUT2D eigenvalue weighted by atomic mass is 10.2. The summed E-state index contributed by atoms with van der Waals surface area (Å²) in [5.74, 6) is 1.01. The molecule has 92 valence electrons. The highest BCUT2D eigenvalue weighted by Gasteiger charge is 2.25. The zero-order valence-corrected chi connectivity index (χ0v) is 10.4. The van der Waals surface area contributed by atoms with Gasteiger partial charge in [-0.2, -0.15) is 5.26 Å². The van der Waals surface area contributed by atoms with Crippen LogP contribution >= 0.6 is 0 Å². The van der Waals surface area contributed by atoms with Crippen LogP contribution in [0.2, 0.25) is 0 Å². The zero-order valence-electron chi connectivity index (χ0n) is 10.4. The van der Waals surface area contributed by atoms with E-state index >= 15 is 0 Å². The Morgan fingerprint density at radius 2 is 2.17 bits per heavy atom. The van der Waals surface area contributed by atoms with E-state index in [0.29, 0.717) is 0 Å². The normalized spacial score (nSPS) is 19.4. The largest absolute Gasteiger partial charge is 0.355 e. The summed E-state index contributed by atoms with van der Waals surface area (Å²) in [4.78, 5) is 2.23. The maximum atomic E-state index is 9.43. The second kappa shape index (κ2) is 4.04. The van der Waals surface area contributed by atoms with Crippen molar-refractivity contribution in [3.8, 4) is 6.07 Å². The zero-order chi connectivity index (χ0) is 12.7. The molecule has 0 spiro atoms. The molecule has 1 atom stereocenters. The number of aromatic nitrogens is 1. The minimum Gasteiger partial charge on any atom is -0.355 e. The number of rotatable bonds is 1. The lowest BCUT2D eigenvalue weighted by molar-refractivity contribution is 0.749. The number of benzene rings is 1. The Hall–Kier alpha value is -1.99. The van der Waals surface area contributed by atoms with Crippen molar-refractivity contribution in [2.24, 2.45) is 12.8 Å².